The van der Waals surface area contributed by atoms with Crippen LogP contribution in [0.4, 0.5) is 0 Å². The summed E-state index contributed by atoms with van der Waals surface area (Å²) in [7, 11) is 0. The highest BCUT2D eigenvalue weighted by Gasteiger charge is 1.94. The molecule has 0 heterocycles. The summed E-state index contributed by atoms with van der Waals surface area (Å²) >= 11 is 0. The van der Waals surface area contributed by atoms with Crippen molar-refractivity contribution in [1.29, 1.82) is 0 Å². The number of allylic oxidation sites excluding steroid dienone is 2. The molecule has 0 amide bonds. The first kappa shape index (κ1) is 10.7. The Hall–Kier alpha value is -0.260. The summed E-state index contributed by atoms with van der Waals surface area (Å²) < 4.78 is 0. The molecule has 0 rings (SSSR count). The van der Waals surface area contributed by atoms with Gasteiger partial charge < -0.3 is 0 Å². The van der Waals surface area contributed by atoms with E-state index in [0.29, 0.717) is 0 Å². The van der Waals surface area contributed by atoms with Gasteiger partial charge in [-0.05, 0) is 25.7 Å². The molecule has 0 saturated carbocycles. The van der Waals surface area contributed by atoms with E-state index in [1.54, 1.807) is 5.57 Å². The lowest BCUT2D eigenvalue weighted by atomic mass is 10.0. The summed E-state index contributed by atoms with van der Waals surface area (Å²) in [5, 5.41) is 0. The van der Waals surface area contributed by atoms with Gasteiger partial charge in [-0.2, -0.15) is 0 Å². The van der Waals surface area contributed by atoms with E-state index in [2.05, 4.69) is 33.8 Å². The number of hydrogen-bond acceptors (Lipinski definition) is 0. The van der Waals surface area contributed by atoms with Gasteiger partial charge in [0.15, 0.2) is 0 Å². The van der Waals surface area contributed by atoms with Gasteiger partial charge in [-0.25, -0.2) is 0 Å². The van der Waals surface area contributed by atoms with Crippen molar-refractivity contribution in [3.63, 3.8) is 0 Å². The standard InChI is InChI=1S/C11H22/c1-5-6-7-8-11(4)9-10(2)3/h8,10H,5-7,9H2,1-4H3. The Bertz CT molecular complexity index is 109. The zero-order chi connectivity index (χ0) is 8.69. The second-order valence-electron chi connectivity index (χ2n) is 3.79. The molecule has 0 aromatic heterocycles. The number of hydrogen-bond donors (Lipinski definition) is 0. The van der Waals surface area contributed by atoms with Crippen molar-refractivity contribution in [3.8, 4) is 0 Å². The molecule has 0 unspecified atom stereocenters. The Labute approximate surface area is 71.7 Å². The van der Waals surface area contributed by atoms with Crippen LogP contribution in [0.25, 0.3) is 0 Å². The predicted octanol–water partition coefficient (Wildman–Crippen LogP) is 4.17. The summed E-state index contributed by atoms with van der Waals surface area (Å²) in [6.45, 7) is 9.04. The van der Waals surface area contributed by atoms with Crippen LogP contribution in [-0.4, -0.2) is 0 Å². The summed E-state index contributed by atoms with van der Waals surface area (Å²) in [5.74, 6) is 0.813. The molecule has 11 heavy (non-hydrogen) atoms. The molecule has 0 aliphatic rings. The first-order valence-electron chi connectivity index (χ1n) is 4.82. The average Bonchev–Trinajstić information content (AvgIpc) is 1.86. The van der Waals surface area contributed by atoms with E-state index in [1.165, 1.54) is 25.7 Å². The van der Waals surface area contributed by atoms with Crippen molar-refractivity contribution in [2.45, 2.75) is 53.4 Å². The molecular weight excluding hydrogens is 132 g/mol. The highest BCUT2D eigenvalue weighted by Crippen LogP contribution is 2.11. The van der Waals surface area contributed by atoms with Crippen molar-refractivity contribution in [1.82, 2.24) is 0 Å². The molecule has 0 heteroatoms. The lowest BCUT2D eigenvalue weighted by Crippen LogP contribution is -1.87. The molecule has 0 atom stereocenters. The van der Waals surface area contributed by atoms with Crippen molar-refractivity contribution in [2.24, 2.45) is 5.92 Å². The van der Waals surface area contributed by atoms with Crippen molar-refractivity contribution >= 4 is 0 Å². The van der Waals surface area contributed by atoms with Crippen LogP contribution in [-0.2, 0) is 0 Å². The zero-order valence-electron chi connectivity index (χ0n) is 8.48. The van der Waals surface area contributed by atoms with Crippen LogP contribution >= 0.6 is 0 Å². The van der Waals surface area contributed by atoms with Crippen molar-refractivity contribution < 1.29 is 0 Å². The van der Waals surface area contributed by atoms with Crippen molar-refractivity contribution in [2.75, 3.05) is 0 Å². The van der Waals surface area contributed by atoms with Gasteiger partial charge in [-0.15, -0.1) is 0 Å². The third-order valence-electron chi connectivity index (χ3n) is 1.78. The molecular formula is C11H22. The number of unbranched alkanes of at least 4 members (excludes halogenated alkanes) is 2. The molecule has 0 bridgehead atoms. The van der Waals surface area contributed by atoms with E-state index in [-0.39, 0.29) is 0 Å². The minimum absolute atomic E-state index is 0.813. The monoisotopic (exact) mass is 154 g/mol. The minimum Gasteiger partial charge on any atom is -0.0856 e. The van der Waals surface area contributed by atoms with Gasteiger partial charge in [0.25, 0.3) is 0 Å². The first-order valence-corrected chi connectivity index (χ1v) is 4.82. The average molecular weight is 154 g/mol. The lowest BCUT2D eigenvalue weighted by molar-refractivity contribution is 0.639. The third kappa shape index (κ3) is 7.64. The van der Waals surface area contributed by atoms with E-state index in [1.807, 2.05) is 0 Å². The highest BCUT2D eigenvalue weighted by molar-refractivity contribution is 4.98. The van der Waals surface area contributed by atoms with E-state index in [9.17, 15) is 0 Å². The first-order chi connectivity index (χ1) is 5.16. The summed E-state index contributed by atoms with van der Waals surface area (Å²) in [5.41, 5.74) is 1.56. The van der Waals surface area contributed by atoms with Crippen LogP contribution < -0.4 is 0 Å². The summed E-state index contributed by atoms with van der Waals surface area (Å²) in [6, 6.07) is 0. The SMILES string of the molecule is CCCCC=C(C)CC(C)C. The molecule has 0 spiro atoms. The Balaban J connectivity index is 3.46. The van der Waals surface area contributed by atoms with E-state index >= 15 is 0 Å². The molecule has 0 aliphatic heterocycles. The van der Waals surface area contributed by atoms with Crippen LogP contribution in [0.5, 0.6) is 0 Å². The maximum absolute atomic E-state index is 2.39. The van der Waals surface area contributed by atoms with Crippen LogP contribution in [0.1, 0.15) is 53.4 Å². The van der Waals surface area contributed by atoms with E-state index < -0.39 is 0 Å². The molecule has 0 aromatic rings. The predicted molar refractivity (Wildman–Crippen MR) is 52.7 cm³/mol. The van der Waals surface area contributed by atoms with Gasteiger partial charge in [0.2, 0.25) is 0 Å². The van der Waals surface area contributed by atoms with Crippen molar-refractivity contribution in [3.05, 3.63) is 11.6 Å². The van der Waals surface area contributed by atoms with Crippen LogP contribution in [0.3, 0.4) is 0 Å². The van der Waals surface area contributed by atoms with Crippen LogP contribution in [0.2, 0.25) is 0 Å². The maximum Gasteiger partial charge on any atom is -0.0300 e. The highest BCUT2D eigenvalue weighted by atomic mass is 14.0. The smallest absolute Gasteiger partial charge is 0.0300 e. The Kier molecular flexibility index (Phi) is 6.30. The normalized spacial score (nSPS) is 12.6. The van der Waals surface area contributed by atoms with E-state index in [4.69, 9.17) is 0 Å². The molecule has 0 nitrogen and oxygen atoms in total. The quantitative estimate of drug-likeness (QED) is 0.412. The molecule has 0 radical (unpaired) electrons. The second kappa shape index (κ2) is 6.45. The number of rotatable bonds is 5. The summed E-state index contributed by atoms with van der Waals surface area (Å²) in [4.78, 5) is 0. The van der Waals surface area contributed by atoms with Gasteiger partial charge in [0.05, 0.1) is 0 Å². The fourth-order valence-electron chi connectivity index (χ4n) is 1.28. The van der Waals surface area contributed by atoms with Gasteiger partial charge in [0, 0.05) is 0 Å². The topological polar surface area (TPSA) is 0 Å². The molecule has 0 fully saturated rings. The maximum atomic E-state index is 2.39. The molecule has 66 valence electrons. The molecule has 0 N–H and O–H groups in total. The zero-order valence-corrected chi connectivity index (χ0v) is 8.48. The molecule has 0 saturated heterocycles. The Morgan fingerprint density at radius 3 is 2.45 bits per heavy atom. The van der Waals surface area contributed by atoms with E-state index in [0.717, 1.165) is 5.92 Å². The molecule has 0 aliphatic carbocycles. The van der Waals surface area contributed by atoms with Crippen LogP contribution in [0, 0.1) is 5.92 Å². The lowest BCUT2D eigenvalue weighted by Gasteiger charge is -2.03. The van der Waals surface area contributed by atoms with Gasteiger partial charge in [-0.1, -0.05) is 45.3 Å². The fourth-order valence-corrected chi connectivity index (χ4v) is 1.28. The fraction of sp³-hybridized carbons (Fsp3) is 0.818. The Morgan fingerprint density at radius 1 is 1.36 bits per heavy atom. The molecule has 0 aromatic carbocycles. The van der Waals surface area contributed by atoms with Crippen LogP contribution in [0.15, 0.2) is 11.6 Å². The Morgan fingerprint density at radius 2 is 2.00 bits per heavy atom. The largest absolute Gasteiger partial charge is 0.0856 e. The second-order valence-corrected chi connectivity index (χ2v) is 3.79. The van der Waals surface area contributed by atoms with Gasteiger partial charge >= 0.3 is 0 Å². The van der Waals surface area contributed by atoms with Gasteiger partial charge in [-0.3, -0.25) is 0 Å². The van der Waals surface area contributed by atoms with Gasteiger partial charge in [0.1, 0.15) is 0 Å². The summed E-state index contributed by atoms with van der Waals surface area (Å²) in [6.07, 6.45) is 7.59. The third-order valence-corrected chi connectivity index (χ3v) is 1.78. The minimum atomic E-state index is 0.813.